The molecule has 20 heavy (non-hydrogen) atoms. The Balaban J connectivity index is 2.25. The van der Waals surface area contributed by atoms with E-state index in [4.69, 9.17) is 5.73 Å². The van der Waals surface area contributed by atoms with E-state index in [-0.39, 0.29) is 13.1 Å². The Hall–Kier alpha value is -2.29. The first-order chi connectivity index (χ1) is 9.41. The van der Waals surface area contributed by atoms with Crippen LogP contribution in [0.25, 0.3) is 0 Å². The molecule has 0 aliphatic carbocycles. The number of nitrogens with zero attached hydrogens (tertiary/aromatic N) is 4. The highest BCUT2D eigenvalue weighted by Gasteiger charge is 2.35. The van der Waals surface area contributed by atoms with Gasteiger partial charge >= 0.3 is 6.18 Å². The Morgan fingerprint density at radius 2 is 2.15 bits per heavy atom. The lowest BCUT2D eigenvalue weighted by Crippen LogP contribution is -2.17. The van der Waals surface area contributed by atoms with Crippen molar-refractivity contribution in [3.8, 4) is 0 Å². The first-order valence-corrected chi connectivity index (χ1v) is 5.55. The highest BCUT2D eigenvalue weighted by Crippen LogP contribution is 2.31. The van der Waals surface area contributed by atoms with E-state index >= 15 is 0 Å². The number of carbonyl (C=O) groups is 1. The molecule has 6 nitrogen and oxygen atoms in total. The van der Waals surface area contributed by atoms with E-state index in [1.54, 1.807) is 0 Å². The first-order valence-electron chi connectivity index (χ1n) is 5.55. The van der Waals surface area contributed by atoms with E-state index in [9.17, 15) is 18.0 Å². The minimum Gasteiger partial charge on any atom is -0.325 e. The molecule has 9 heteroatoms. The highest BCUT2D eigenvalue weighted by molar-refractivity contribution is 5.97. The Bertz CT molecular complexity index is 623. The quantitative estimate of drug-likeness (QED) is 0.848. The topological polar surface area (TPSA) is 86.7 Å². The molecule has 0 aromatic carbocycles. The molecular weight excluding hydrogens is 275 g/mol. The summed E-state index contributed by atoms with van der Waals surface area (Å²) in [5, 5.41) is 7.26. The van der Waals surface area contributed by atoms with Crippen LogP contribution < -0.4 is 5.73 Å². The maximum absolute atomic E-state index is 12.8. The number of hydrogen-bond donors (Lipinski definition) is 1. The maximum Gasteiger partial charge on any atom is 0.417 e. The third-order valence-corrected chi connectivity index (χ3v) is 2.53. The van der Waals surface area contributed by atoms with E-state index in [0.717, 1.165) is 23.1 Å². The number of halogens is 3. The Labute approximate surface area is 111 Å². The average molecular weight is 285 g/mol. The summed E-state index contributed by atoms with van der Waals surface area (Å²) in [6.07, 6.45) is -1.33. The standard InChI is InChI=1S/C11H10F3N5O/c12-11(13,14)9-1-2-16-4-8(9)10(20)6-19-5-7(3-15)17-18-19/h1-2,4-5H,3,6,15H2. The molecule has 106 valence electrons. The van der Waals surface area contributed by atoms with Crippen molar-refractivity contribution in [2.45, 2.75) is 19.3 Å². The van der Waals surface area contributed by atoms with Gasteiger partial charge < -0.3 is 5.73 Å². The van der Waals surface area contributed by atoms with E-state index < -0.39 is 23.1 Å². The molecule has 2 N–H and O–H groups in total. The second-order valence-electron chi connectivity index (χ2n) is 3.95. The van der Waals surface area contributed by atoms with Crippen molar-refractivity contribution in [1.82, 2.24) is 20.0 Å². The van der Waals surface area contributed by atoms with Crippen LogP contribution in [0.5, 0.6) is 0 Å². The number of aromatic nitrogens is 4. The highest BCUT2D eigenvalue weighted by atomic mass is 19.4. The van der Waals surface area contributed by atoms with Gasteiger partial charge in [-0.3, -0.25) is 9.78 Å². The third-order valence-electron chi connectivity index (χ3n) is 2.53. The van der Waals surface area contributed by atoms with Gasteiger partial charge in [0.25, 0.3) is 0 Å². The minimum atomic E-state index is -4.61. The second-order valence-corrected chi connectivity index (χ2v) is 3.95. The number of rotatable bonds is 4. The van der Waals surface area contributed by atoms with Gasteiger partial charge in [0.15, 0.2) is 5.78 Å². The molecule has 0 unspecified atom stereocenters. The molecule has 2 aromatic heterocycles. The summed E-state index contributed by atoms with van der Waals surface area (Å²) in [5.74, 6) is -0.751. The van der Waals surface area contributed by atoms with Crippen LogP contribution in [0.2, 0.25) is 0 Å². The molecular formula is C11H10F3N5O. The maximum atomic E-state index is 12.8. The van der Waals surface area contributed by atoms with Crippen LogP contribution >= 0.6 is 0 Å². The van der Waals surface area contributed by atoms with Crippen LogP contribution in [0.3, 0.4) is 0 Å². The van der Waals surface area contributed by atoms with Crippen LogP contribution in [0.15, 0.2) is 24.7 Å². The van der Waals surface area contributed by atoms with Crippen LogP contribution in [0.4, 0.5) is 13.2 Å². The second kappa shape index (κ2) is 5.37. The molecule has 0 aliphatic heterocycles. The summed E-state index contributed by atoms with van der Waals surface area (Å²) < 4.78 is 39.5. The predicted octanol–water partition coefficient (Wildman–Crippen LogP) is 1.03. The summed E-state index contributed by atoms with van der Waals surface area (Å²) in [6.45, 7) is -0.226. The molecule has 0 saturated heterocycles. The largest absolute Gasteiger partial charge is 0.417 e. The van der Waals surface area contributed by atoms with Gasteiger partial charge in [-0.2, -0.15) is 13.2 Å². The molecule has 0 atom stereocenters. The number of hydrogen-bond acceptors (Lipinski definition) is 5. The molecule has 0 fully saturated rings. The van der Waals surface area contributed by atoms with Crippen LogP contribution in [-0.2, 0) is 19.3 Å². The number of nitrogens with two attached hydrogens (primary N) is 1. The van der Waals surface area contributed by atoms with Gasteiger partial charge in [-0.05, 0) is 6.07 Å². The summed E-state index contributed by atoms with van der Waals surface area (Å²) in [7, 11) is 0. The lowest BCUT2D eigenvalue weighted by molar-refractivity contribution is -0.138. The van der Waals surface area contributed by atoms with Crippen molar-refractivity contribution in [2.24, 2.45) is 5.73 Å². The molecule has 2 rings (SSSR count). The lowest BCUT2D eigenvalue weighted by Gasteiger charge is -2.10. The van der Waals surface area contributed by atoms with Gasteiger partial charge in [-0.25, -0.2) is 4.68 Å². The third kappa shape index (κ3) is 2.99. The van der Waals surface area contributed by atoms with E-state index in [0.29, 0.717) is 5.69 Å². The average Bonchev–Trinajstić information content (AvgIpc) is 2.85. The van der Waals surface area contributed by atoms with Crippen LogP contribution in [-0.4, -0.2) is 25.8 Å². The number of ketones is 1. The van der Waals surface area contributed by atoms with Crippen molar-refractivity contribution in [3.63, 3.8) is 0 Å². The Kier molecular flexibility index (Phi) is 3.79. The predicted molar refractivity (Wildman–Crippen MR) is 61.5 cm³/mol. The normalized spacial score (nSPS) is 11.6. The Morgan fingerprint density at radius 3 is 2.75 bits per heavy atom. The summed E-state index contributed by atoms with van der Waals surface area (Å²) in [6, 6.07) is 0.764. The first kappa shape index (κ1) is 14.1. The number of Topliss-reactive ketones (excluding diaryl/α,β-unsaturated/α-hetero) is 1. The molecule has 0 aliphatic rings. The zero-order valence-electron chi connectivity index (χ0n) is 10.1. The van der Waals surface area contributed by atoms with Gasteiger partial charge in [0, 0.05) is 18.9 Å². The van der Waals surface area contributed by atoms with E-state index in [1.807, 2.05) is 0 Å². The summed E-state index contributed by atoms with van der Waals surface area (Å²) in [5.41, 5.74) is 4.26. The molecule has 0 saturated carbocycles. The molecule has 0 bridgehead atoms. The SMILES string of the molecule is NCc1cn(CC(=O)c2cnccc2C(F)(F)F)nn1. The minimum absolute atomic E-state index is 0.134. The fourth-order valence-corrected chi connectivity index (χ4v) is 1.61. The molecule has 0 spiro atoms. The fourth-order valence-electron chi connectivity index (χ4n) is 1.61. The summed E-state index contributed by atoms with van der Waals surface area (Å²) >= 11 is 0. The molecule has 0 amide bonds. The zero-order valence-corrected chi connectivity index (χ0v) is 10.1. The Morgan fingerprint density at radius 1 is 1.40 bits per heavy atom. The van der Waals surface area contributed by atoms with Crippen molar-refractivity contribution in [3.05, 3.63) is 41.5 Å². The molecule has 2 aromatic rings. The molecule has 2 heterocycles. The van der Waals surface area contributed by atoms with Gasteiger partial charge in [0.2, 0.25) is 0 Å². The zero-order chi connectivity index (χ0) is 14.8. The van der Waals surface area contributed by atoms with Crippen LogP contribution in [0, 0.1) is 0 Å². The lowest BCUT2D eigenvalue weighted by atomic mass is 10.1. The summed E-state index contributed by atoms with van der Waals surface area (Å²) in [4.78, 5) is 15.5. The van der Waals surface area contributed by atoms with Crippen molar-refractivity contribution in [1.29, 1.82) is 0 Å². The van der Waals surface area contributed by atoms with E-state index in [2.05, 4.69) is 15.3 Å². The smallest absolute Gasteiger partial charge is 0.325 e. The fraction of sp³-hybridized carbons (Fsp3) is 0.273. The van der Waals surface area contributed by atoms with Gasteiger partial charge in [0.1, 0.15) is 6.54 Å². The number of pyridine rings is 1. The van der Waals surface area contributed by atoms with E-state index in [1.165, 1.54) is 6.20 Å². The molecule has 0 radical (unpaired) electrons. The number of alkyl halides is 3. The van der Waals surface area contributed by atoms with Gasteiger partial charge in [0.05, 0.1) is 23.0 Å². The van der Waals surface area contributed by atoms with Gasteiger partial charge in [-0.1, -0.05) is 5.21 Å². The van der Waals surface area contributed by atoms with Crippen molar-refractivity contribution in [2.75, 3.05) is 0 Å². The number of carbonyl (C=O) groups excluding carboxylic acids is 1. The van der Waals surface area contributed by atoms with Crippen molar-refractivity contribution >= 4 is 5.78 Å². The van der Waals surface area contributed by atoms with Gasteiger partial charge in [-0.15, -0.1) is 5.10 Å². The van der Waals surface area contributed by atoms with Crippen LogP contribution in [0.1, 0.15) is 21.6 Å². The van der Waals surface area contributed by atoms with Crippen molar-refractivity contribution < 1.29 is 18.0 Å². The monoisotopic (exact) mass is 285 g/mol.